The molecule has 0 bridgehead atoms. The van der Waals surface area contributed by atoms with Crippen molar-refractivity contribution in [3.63, 3.8) is 0 Å². The summed E-state index contributed by atoms with van der Waals surface area (Å²) in [5.74, 6) is -0.643. The van der Waals surface area contributed by atoms with Crippen molar-refractivity contribution < 1.29 is 13.6 Å². The number of amides is 1. The van der Waals surface area contributed by atoms with Gasteiger partial charge in [0, 0.05) is 29.4 Å². The minimum absolute atomic E-state index is 0.0716. The number of alkyl halides is 2. The van der Waals surface area contributed by atoms with Crippen molar-refractivity contribution in [3.05, 3.63) is 44.8 Å². The molecule has 1 atom stereocenters. The fourth-order valence-electron chi connectivity index (χ4n) is 2.49. The van der Waals surface area contributed by atoms with Crippen LogP contribution >= 0.6 is 27.3 Å². The van der Waals surface area contributed by atoms with Crippen LogP contribution in [0.4, 0.5) is 14.5 Å². The number of anilines is 1. The minimum atomic E-state index is -2.67. The molecule has 1 unspecified atom stereocenters. The number of carbonyl (C=O) groups excluding carboxylic acids is 1. The fraction of sp³-hybridized carbons (Fsp3) is 0.250. The van der Waals surface area contributed by atoms with Gasteiger partial charge in [0.05, 0.1) is 14.8 Å². The molecule has 0 saturated carbocycles. The van der Waals surface area contributed by atoms with E-state index in [0.29, 0.717) is 23.3 Å². The molecule has 0 radical (unpaired) electrons. The Labute approximate surface area is 154 Å². The monoisotopic (exact) mass is 428 g/mol. The number of aromatic amines is 1. The molecule has 0 aliphatic heterocycles. The zero-order valence-electron chi connectivity index (χ0n) is 12.9. The number of nitrogens with two attached hydrogens (primary N) is 1. The van der Waals surface area contributed by atoms with Crippen molar-refractivity contribution in [1.29, 1.82) is 0 Å². The lowest BCUT2D eigenvalue weighted by Crippen LogP contribution is -2.20. The minimum Gasteiger partial charge on any atom is -0.337 e. The number of nitrogens with zero attached hydrogens (tertiary/aromatic N) is 1. The van der Waals surface area contributed by atoms with Gasteiger partial charge in [-0.05, 0) is 46.3 Å². The Morgan fingerprint density at radius 2 is 2.16 bits per heavy atom. The molecule has 9 heteroatoms. The molecule has 0 spiro atoms. The number of thiophene rings is 1. The van der Waals surface area contributed by atoms with Gasteiger partial charge in [-0.3, -0.25) is 4.79 Å². The quantitative estimate of drug-likeness (QED) is 0.543. The highest BCUT2D eigenvalue weighted by Gasteiger charge is 2.17. The van der Waals surface area contributed by atoms with Crippen molar-refractivity contribution in [2.45, 2.75) is 18.8 Å². The molecule has 2 heterocycles. The summed E-state index contributed by atoms with van der Waals surface area (Å²) in [6.45, 7) is 0.359. The van der Waals surface area contributed by atoms with Crippen molar-refractivity contribution in [3.8, 4) is 0 Å². The van der Waals surface area contributed by atoms with Crippen molar-refractivity contribution in [2.24, 2.45) is 5.73 Å². The Kier molecular flexibility index (Phi) is 5.45. The summed E-state index contributed by atoms with van der Waals surface area (Å²) >= 11 is 4.95. The van der Waals surface area contributed by atoms with Gasteiger partial charge in [0.1, 0.15) is 0 Å². The number of nitrogens with one attached hydrogen (secondary N) is 2. The first-order valence-corrected chi connectivity index (χ1v) is 9.10. The van der Waals surface area contributed by atoms with Gasteiger partial charge in [-0.15, -0.1) is 11.3 Å². The Bertz CT molecular complexity index is 895. The van der Waals surface area contributed by atoms with Crippen LogP contribution in [-0.4, -0.2) is 22.4 Å². The van der Waals surface area contributed by atoms with Crippen LogP contribution in [-0.2, 0) is 4.79 Å². The SMILES string of the molecule is NCC(CC(=O)Nc1ccc2nc(C(F)F)[nH]c2c1)c1ccc(Br)s1. The molecular weight excluding hydrogens is 414 g/mol. The van der Waals surface area contributed by atoms with Crippen LogP contribution < -0.4 is 11.1 Å². The van der Waals surface area contributed by atoms with E-state index in [1.54, 1.807) is 29.5 Å². The second-order valence-electron chi connectivity index (χ2n) is 5.48. The standard InChI is InChI=1S/C16H15BrF2N4OS/c17-13-4-3-12(25-13)8(7-20)5-14(24)21-9-1-2-10-11(6-9)23-16(22-10)15(18)19/h1-4,6,8,15H,5,7,20H2,(H,21,24)(H,22,23). The maximum atomic E-state index is 12.7. The van der Waals surface area contributed by atoms with Crippen LogP contribution in [0.25, 0.3) is 11.0 Å². The number of hydrogen-bond acceptors (Lipinski definition) is 4. The van der Waals surface area contributed by atoms with Gasteiger partial charge < -0.3 is 16.0 Å². The summed E-state index contributed by atoms with van der Waals surface area (Å²) in [4.78, 5) is 19.7. The summed E-state index contributed by atoms with van der Waals surface area (Å²) in [6, 6.07) is 8.68. The van der Waals surface area contributed by atoms with Crippen LogP contribution in [0, 0.1) is 0 Å². The number of imidazole rings is 1. The molecule has 1 amide bonds. The number of fused-ring (bicyclic) bond motifs is 1. The highest BCUT2D eigenvalue weighted by molar-refractivity contribution is 9.11. The highest BCUT2D eigenvalue weighted by atomic mass is 79.9. The second kappa shape index (κ2) is 7.59. The molecule has 1 aromatic carbocycles. The zero-order chi connectivity index (χ0) is 18.0. The molecule has 3 aromatic rings. The first-order valence-electron chi connectivity index (χ1n) is 7.49. The van der Waals surface area contributed by atoms with Crippen LogP contribution in [0.3, 0.4) is 0 Å². The lowest BCUT2D eigenvalue weighted by atomic mass is 10.0. The van der Waals surface area contributed by atoms with E-state index in [9.17, 15) is 13.6 Å². The van der Waals surface area contributed by atoms with E-state index in [2.05, 4.69) is 31.2 Å². The number of hydrogen-bond donors (Lipinski definition) is 3. The molecule has 25 heavy (non-hydrogen) atoms. The average molecular weight is 429 g/mol. The van der Waals surface area contributed by atoms with Gasteiger partial charge in [0.15, 0.2) is 5.82 Å². The molecule has 4 N–H and O–H groups in total. The average Bonchev–Trinajstić information content (AvgIpc) is 3.18. The number of H-pyrrole nitrogens is 1. The fourth-order valence-corrected chi connectivity index (χ4v) is 4.03. The first-order chi connectivity index (χ1) is 12.0. The van der Waals surface area contributed by atoms with Crippen LogP contribution in [0.5, 0.6) is 0 Å². The predicted molar refractivity (Wildman–Crippen MR) is 98.1 cm³/mol. The summed E-state index contributed by atoms with van der Waals surface area (Å²) < 4.78 is 26.4. The van der Waals surface area contributed by atoms with Gasteiger partial charge in [0.25, 0.3) is 6.43 Å². The Morgan fingerprint density at radius 3 is 2.80 bits per heavy atom. The van der Waals surface area contributed by atoms with Crippen LogP contribution in [0.15, 0.2) is 34.1 Å². The Morgan fingerprint density at radius 1 is 1.36 bits per heavy atom. The van der Waals surface area contributed by atoms with E-state index in [4.69, 9.17) is 5.73 Å². The maximum Gasteiger partial charge on any atom is 0.295 e. The normalized spacial score (nSPS) is 12.7. The molecule has 0 fully saturated rings. The first kappa shape index (κ1) is 18.0. The molecule has 3 rings (SSSR count). The summed E-state index contributed by atoms with van der Waals surface area (Å²) in [7, 11) is 0. The Hall–Kier alpha value is -1.84. The molecule has 2 aromatic heterocycles. The van der Waals surface area contributed by atoms with Gasteiger partial charge in [-0.25, -0.2) is 13.8 Å². The number of carbonyl (C=O) groups is 1. The molecular formula is C16H15BrF2N4OS. The molecule has 0 saturated heterocycles. The molecule has 0 aliphatic rings. The van der Waals surface area contributed by atoms with E-state index in [1.807, 2.05) is 12.1 Å². The van der Waals surface area contributed by atoms with Gasteiger partial charge >= 0.3 is 0 Å². The third kappa shape index (κ3) is 4.23. The lowest BCUT2D eigenvalue weighted by Gasteiger charge is -2.13. The van der Waals surface area contributed by atoms with E-state index >= 15 is 0 Å². The van der Waals surface area contributed by atoms with Crippen molar-refractivity contribution in [2.75, 3.05) is 11.9 Å². The molecule has 0 aliphatic carbocycles. The van der Waals surface area contributed by atoms with Gasteiger partial charge in [-0.1, -0.05) is 0 Å². The van der Waals surface area contributed by atoms with E-state index < -0.39 is 6.43 Å². The highest BCUT2D eigenvalue weighted by Crippen LogP contribution is 2.30. The number of benzene rings is 1. The van der Waals surface area contributed by atoms with Crippen LogP contribution in [0.2, 0.25) is 0 Å². The number of aromatic nitrogens is 2. The van der Waals surface area contributed by atoms with Gasteiger partial charge in [-0.2, -0.15) is 0 Å². The molecule has 5 nitrogen and oxygen atoms in total. The van der Waals surface area contributed by atoms with Gasteiger partial charge in [0.2, 0.25) is 5.91 Å². The zero-order valence-corrected chi connectivity index (χ0v) is 15.3. The number of halogens is 3. The smallest absolute Gasteiger partial charge is 0.295 e. The number of rotatable bonds is 6. The summed E-state index contributed by atoms with van der Waals surface area (Å²) in [5, 5.41) is 2.78. The summed E-state index contributed by atoms with van der Waals surface area (Å²) in [6.07, 6.45) is -2.42. The predicted octanol–water partition coefficient (Wildman–Crippen LogP) is 4.40. The lowest BCUT2D eigenvalue weighted by molar-refractivity contribution is -0.116. The third-order valence-corrected chi connectivity index (χ3v) is 5.49. The summed E-state index contributed by atoms with van der Waals surface area (Å²) in [5.41, 5.74) is 7.18. The largest absolute Gasteiger partial charge is 0.337 e. The van der Waals surface area contributed by atoms with Crippen molar-refractivity contribution >= 4 is 49.9 Å². The second-order valence-corrected chi connectivity index (χ2v) is 7.98. The van der Waals surface area contributed by atoms with Crippen molar-refractivity contribution in [1.82, 2.24) is 9.97 Å². The Balaban J connectivity index is 1.70. The third-order valence-electron chi connectivity index (χ3n) is 3.70. The van der Waals surface area contributed by atoms with Crippen LogP contribution in [0.1, 0.15) is 29.5 Å². The maximum absolute atomic E-state index is 12.7. The topological polar surface area (TPSA) is 83.8 Å². The van der Waals surface area contributed by atoms with E-state index in [1.165, 1.54) is 0 Å². The van der Waals surface area contributed by atoms with E-state index in [-0.39, 0.29) is 24.1 Å². The van der Waals surface area contributed by atoms with E-state index in [0.717, 1.165) is 8.66 Å². The molecule has 132 valence electrons.